The van der Waals surface area contributed by atoms with Crippen LogP contribution in [0.3, 0.4) is 0 Å². The highest BCUT2D eigenvalue weighted by atomic mass is 16.5. The molecule has 2 aromatic rings. The summed E-state index contributed by atoms with van der Waals surface area (Å²) in [6.45, 7) is 2.72. The third kappa shape index (κ3) is 4.02. The maximum Gasteiger partial charge on any atom is 0.303 e. The number of hydrogen-bond donors (Lipinski definition) is 2. The van der Waals surface area contributed by atoms with Crippen molar-refractivity contribution in [1.82, 2.24) is 0 Å². The minimum atomic E-state index is -0.700. The molecular weight excluding hydrogens is 314 g/mol. The van der Waals surface area contributed by atoms with Gasteiger partial charge in [-0.3, -0.25) is 4.79 Å². The molecule has 1 heterocycles. The van der Waals surface area contributed by atoms with Gasteiger partial charge in [0, 0.05) is 18.0 Å². The first-order valence-electron chi connectivity index (χ1n) is 8.86. The van der Waals surface area contributed by atoms with E-state index in [4.69, 9.17) is 15.6 Å². The van der Waals surface area contributed by atoms with Crippen LogP contribution in [0.1, 0.15) is 54.0 Å². The number of rotatable bonds is 3. The van der Waals surface area contributed by atoms with Crippen molar-refractivity contribution in [1.29, 1.82) is 0 Å². The van der Waals surface area contributed by atoms with E-state index in [-0.39, 0.29) is 18.4 Å². The van der Waals surface area contributed by atoms with Crippen molar-refractivity contribution in [3.8, 4) is 5.75 Å². The summed E-state index contributed by atoms with van der Waals surface area (Å²) in [6.07, 6.45) is 3.18. The van der Waals surface area contributed by atoms with Crippen molar-refractivity contribution in [2.24, 2.45) is 5.73 Å². The molecule has 4 nitrogen and oxygen atoms in total. The zero-order chi connectivity index (χ0) is 17.8. The van der Waals surface area contributed by atoms with Gasteiger partial charge in [-0.1, -0.05) is 36.4 Å². The Morgan fingerprint density at radius 1 is 1.24 bits per heavy atom. The highest BCUT2D eigenvalue weighted by Crippen LogP contribution is 2.43. The maximum atomic E-state index is 10.8. The predicted octanol–water partition coefficient (Wildman–Crippen LogP) is 3.83. The fourth-order valence-corrected chi connectivity index (χ4v) is 3.72. The van der Waals surface area contributed by atoms with Crippen molar-refractivity contribution >= 4 is 5.97 Å². The van der Waals surface area contributed by atoms with E-state index >= 15 is 0 Å². The molecule has 2 aromatic carbocycles. The molecule has 0 saturated heterocycles. The van der Waals surface area contributed by atoms with Crippen LogP contribution in [-0.2, 0) is 17.6 Å². The van der Waals surface area contributed by atoms with Gasteiger partial charge in [-0.05, 0) is 48.4 Å². The molecule has 4 rings (SSSR count). The van der Waals surface area contributed by atoms with Crippen LogP contribution in [0, 0.1) is 0 Å². The average molecular weight is 339 g/mol. The lowest BCUT2D eigenvalue weighted by atomic mass is 9.92. The summed E-state index contributed by atoms with van der Waals surface area (Å²) >= 11 is 0. The van der Waals surface area contributed by atoms with Crippen LogP contribution in [0.4, 0.5) is 0 Å². The van der Waals surface area contributed by atoms with E-state index in [0.29, 0.717) is 0 Å². The number of carboxylic acids is 1. The topological polar surface area (TPSA) is 72.6 Å². The van der Waals surface area contributed by atoms with Crippen LogP contribution in [-0.4, -0.2) is 17.7 Å². The Bertz CT molecular complexity index is 740. The maximum absolute atomic E-state index is 10.8. The summed E-state index contributed by atoms with van der Waals surface area (Å²) in [5.41, 5.74) is 10.7. The number of nitrogens with two attached hydrogens (primary N) is 1. The number of ether oxygens (including phenoxy) is 1. The molecule has 0 radical (unpaired) electrons. The highest BCUT2D eigenvalue weighted by Gasteiger charge is 2.30. The van der Waals surface area contributed by atoms with E-state index in [9.17, 15) is 4.79 Å². The van der Waals surface area contributed by atoms with E-state index in [2.05, 4.69) is 6.07 Å². The summed E-state index contributed by atoms with van der Waals surface area (Å²) in [4.78, 5) is 10.8. The molecule has 0 spiro atoms. The standard InChI is InChI=1S/C13H14O3.C8H11N/c14-12(15)7-9-2-1-8-3-4-11-10(13(8)9)5-6-16-11;1-7(9)8-5-3-2-4-6-8/h3-4,9H,1-2,5-7H2,(H,14,15);2-7H,9H2,1H3/t9-;7-/m00/s1. The SMILES string of the molecule is C[C@H](N)c1ccccc1.O=C(O)C[C@@H]1CCc2ccc3c(c21)CCO3. The molecule has 25 heavy (non-hydrogen) atoms. The molecule has 2 aliphatic rings. The molecule has 2 atom stereocenters. The number of hydrogen-bond acceptors (Lipinski definition) is 3. The van der Waals surface area contributed by atoms with Crippen molar-refractivity contribution < 1.29 is 14.6 Å². The Labute approximate surface area is 148 Å². The highest BCUT2D eigenvalue weighted by molar-refractivity contribution is 5.69. The van der Waals surface area contributed by atoms with E-state index in [0.717, 1.165) is 31.6 Å². The number of aryl methyl sites for hydroxylation is 1. The van der Waals surface area contributed by atoms with Crippen molar-refractivity contribution in [3.63, 3.8) is 0 Å². The average Bonchev–Trinajstić information content (AvgIpc) is 3.22. The summed E-state index contributed by atoms with van der Waals surface area (Å²) in [6, 6.07) is 14.3. The largest absolute Gasteiger partial charge is 0.493 e. The van der Waals surface area contributed by atoms with Gasteiger partial charge in [-0.2, -0.15) is 0 Å². The van der Waals surface area contributed by atoms with Crippen LogP contribution in [0.15, 0.2) is 42.5 Å². The smallest absolute Gasteiger partial charge is 0.303 e. The third-order valence-corrected chi connectivity index (χ3v) is 4.93. The monoisotopic (exact) mass is 339 g/mol. The fourth-order valence-electron chi connectivity index (χ4n) is 3.72. The predicted molar refractivity (Wildman–Crippen MR) is 98.0 cm³/mol. The lowest BCUT2D eigenvalue weighted by Crippen LogP contribution is -2.05. The number of carbonyl (C=O) groups is 1. The van der Waals surface area contributed by atoms with Crippen LogP contribution >= 0.6 is 0 Å². The molecule has 0 aromatic heterocycles. The first-order valence-corrected chi connectivity index (χ1v) is 8.86. The molecular formula is C21H25NO3. The fraction of sp³-hybridized carbons (Fsp3) is 0.381. The zero-order valence-electron chi connectivity index (χ0n) is 14.6. The van der Waals surface area contributed by atoms with Gasteiger partial charge in [0.05, 0.1) is 13.0 Å². The second kappa shape index (κ2) is 7.70. The molecule has 132 valence electrons. The van der Waals surface area contributed by atoms with Crippen molar-refractivity contribution in [3.05, 3.63) is 64.7 Å². The summed E-state index contributed by atoms with van der Waals surface area (Å²) in [7, 11) is 0. The molecule has 0 bridgehead atoms. The summed E-state index contributed by atoms with van der Waals surface area (Å²) in [5, 5.41) is 8.92. The summed E-state index contributed by atoms with van der Waals surface area (Å²) in [5.74, 6) is 0.467. The number of aliphatic carboxylic acids is 1. The lowest BCUT2D eigenvalue weighted by Gasteiger charge is -2.12. The van der Waals surface area contributed by atoms with Gasteiger partial charge in [0.15, 0.2) is 0 Å². The lowest BCUT2D eigenvalue weighted by molar-refractivity contribution is -0.137. The number of fused-ring (bicyclic) bond motifs is 3. The van der Waals surface area contributed by atoms with Crippen LogP contribution < -0.4 is 10.5 Å². The van der Waals surface area contributed by atoms with Crippen LogP contribution in [0.5, 0.6) is 5.75 Å². The first kappa shape index (κ1) is 17.5. The zero-order valence-corrected chi connectivity index (χ0v) is 14.6. The van der Waals surface area contributed by atoms with E-state index in [1.54, 1.807) is 0 Å². The first-order chi connectivity index (χ1) is 12.1. The Morgan fingerprint density at radius 3 is 2.64 bits per heavy atom. The Hall–Kier alpha value is -2.33. The van der Waals surface area contributed by atoms with Gasteiger partial charge in [0.1, 0.15) is 5.75 Å². The Balaban J connectivity index is 0.000000173. The molecule has 0 fully saturated rings. The number of carboxylic acid groups (broad SMARTS) is 1. The normalized spacial score (nSPS) is 18.4. The van der Waals surface area contributed by atoms with E-state index in [1.165, 1.54) is 22.3 Å². The molecule has 3 N–H and O–H groups in total. The van der Waals surface area contributed by atoms with Crippen molar-refractivity contribution in [2.75, 3.05) is 6.61 Å². The van der Waals surface area contributed by atoms with Gasteiger partial charge in [0.2, 0.25) is 0 Å². The molecule has 4 heteroatoms. The van der Waals surface area contributed by atoms with Gasteiger partial charge >= 0.3 is 5.97 Å². The van der Waals surface area contributed by atoms with Gasteiger partial charge in [-0.15, -0.1) is 0 Å². The minimum Gasteiger partial charge on any atom is -0.493 e. The molecule has 0 saturated carbocycles. The number of benzene rings is 2. The molecule has 1 aliphatic heterocycles. The minimum absolute atomic E-state index is 0.159. The van der Waals surface area contributed by atoms with Crippen LogP contribution in [0.2, 0.25) is 0 Å². The summed E-state index contributed by atoms with van der Waals surface area (Å²) < 4.78 is 5.53. The molecule has 0 unspecified atom stereocenters. The quantitative estimate of drug-likeness (QED) is 0.891. The van der Waals surface area contributed by atoms with E-state index in [1.807, 2.05) is 43.3 Å². The Kier molecular flexibility index (Phi) is 5.39. The second-order valence-electron chi connectivity index (χ2n) is 6.75. The molecule has 1 aliphatic carbocycles. The van der Waals surface area contributed by atoms with Gasteiger partial charge in [0.25, 0.3) is 0 Å². The third-order valence-electron chi connectivity index (χ3n) is 4.93. The van der Waals surface area contributed by atoms with Crippen LogP contribution in [0.25, 0.3) is 0 Å². The van der Waals surface area contributed by atoms with E-state index < -0.39 is 5.97 Å². The van der Waals surface area contributed by atoms with Gasteiger partial charge in [-0.25, -0.2) is 0 Å². The van der Waals surface area contributed by atoms with Crippen molar-refractivity contribution in [2.45, 2.75) is 44.6 Å². The molecule has 0 amide bonds. The second-order valence-corrected chi connectivity index (χ2v) is 6.75. The Morgan fingerprint density at radius 2 is 2.00 bits per heavy atom. The van der Waals surface area contributed by atoms with Gasteiger partial charge < -0.3 is 15.6 Å².